The van der Waals surface area contributed by atoms with Crippen LogP contribution in [0.15, 0.2) is 18.2 Å². The number of aliphatic carboxylic acids is 1. The average molecular weight is 294 g/mol. The van der Waals surface area contributed by atoms with Crippen molar-refractivity contribution in [2.75, 3.05) is 11.4 Å². The molecule has 2 amide bonds. The third-order valence-corrected chi connectivity index (χ3v) is 3.29. The minimum Gasteiger partial charge on any atom is -0.480 e. The highest BCUT2D eigenvalue weighted by atomic mass is 19.1. The Morgan fingerprint density at radius 2 is 2.14 bits per heavy atom. The van der Waals surface area contributed by atoms with Crippen LogP contribution in [0.25, 0.3) is 0 Å². The third-order valence-electron chi connectivity index (χ3n) is 3.29. The lowest BCUT2D eigenvalue weighted by atomic mass is 10.0. The number of rotatable bonds is 4. The second kappa shape index (κ2) is 5.90. The van der Waals surface area contributed by atoms with Gasteiger partial charge in [-0.15, -0.1) is 0 Å². The second-order valence-electron chi connectivity index (χ2n) is 4.87. The van der Waals surface area contributed by atoms with E-state index in [4.69, 9.17) is 5.11 Å². The Morgan fingerprint density at radius 3 is 2.76 bits per heavy atom. The van der Waals surface area contributed by atoms with Gasteiger partial charge in [-0.25, -0.2) is 9.18 Å². The minimum absolute atomic E-state index is 0.227. The van der Waals surface area contributed by atoms with Crippen LogP contribution in [0.2, 0.25) is 0 Å². The number of fused-ring (bicyclic) bond motifs is 1. The number of hydrogen-bond donors (Lipinski definition) is 2. The maximum absolute atomic E-state index is 13.4. The van der Waals surface area contributed by atoms with E-state index in [1.165, 1.54) is 24.0 Å². The highest BCUT2D eigenvalue weighted by molar-refractivity contribution is 5.97. The van der Waals surface area contributed by atoms with Crippen LogP contribution in [0.5, 0.6) is 0 Å². The molecule has 1 aliphatic rings. The smallest absolute Gasteiger partial charge is 0.328 e. The molecule has 112 valence electrons. The molecule has 1 aromatic carbocycles. The number of anilines is 1. The highest BCUT2D eigenvalue weighted by Crippen LogP contribution is 2.28. The summed E-state index contributed by atoms with van der Waals surface area (Å²) in [7, 11) is 0. The average Bonchev–Trinajstić information content (AvgIpc) is 2.40. The molecule has 21 heavy (non-hydrogen) atoms. The number of benzene rings is 1. The van der Waals surface area contributed by atoms with E-state index in [0.717, 1.165) is 5.56 Å². The van der Waals surface area contributed by atoms with E-state index in [-0.39, 0.29) is 18.9 Å². The van der Waals surface area contributed by atoms with Crippen molar-refractivity contribution in [3.05, 3.63) is 29.6 Å². The minimum atomic E-state index is -1.25. The first-order valence-corrected chi connectivity index (χ1v) is 6.47. The van der Waals surface area contributed by atoms with Crippen molar-refractivity contribution in [1.82, 2.24) is 5.32 Å². The number of aryl methyl sites for hydroxylation is 1. The summed E-state index contributed by atoms with van der Waals surface area (Å²) in [6, 6.07) is 2.85. The highest BCUT2D eigenvalue weighted by Gasteiger charge is 2.30. The lowest BCUT2D eigenvalue weighted by molar-refractivity contribution is -0.141. The van der Waals surface area contributed by atoms with E-state index in [2.05, 4.69) is 5.32 Å². The van der Waals surface area contributed by atoms with Gasteiger partial charge in [0.2, 0.25) is 11.8 Å². The fourth-order valence-electron chi connectivity index (χ4n) is 2.32. The number of carboxylic acid groups (broad SMARTS) is 1. The molecule has 0 saturated carbocycles. The van der Waals surface area contributed by atoms with Crippen LogP contribution in [0.4, 0.5) is 10.1 Å². The van der Waals surface area contributed by atoms with Crippen molar-refractivity contribution in [2.24, 2.45) is 0 Å². The third kappa shape index (κ3) is 3.36. The molecule has 7 heteroatoms. The fourth-order valence-corrected chi connectivity index (χ4v) is 2.32. The topological polar surface area (TPSA) is 86.7 Å². The Kier molecular flexibility index (Phi) is 4.21. The van der Waals surface area contributed by atoms with Crippen LogP contribution >= 0.6 is 0 Å². The zero-order valence-corrected chi connectivity index (χ0v) is 11.4. The molecule has 0 spiro atoms. The normalized spacial score (nSPS) is 15.3. The van der Waals surface area contributed by atoms with E-state index in [1.807, 2.05) is 0 Å². The first kappa shape index (κ1) is 15.0. The molecule has 6 nitrogen and oxygen atoms in total. The maximum Gasteiger partial charge on any atom is 0.328 e. The summed E-state index contributed by atoms with van der Waals surface area (Å²) in [4.78, 5) is 35.4. The number of carbonyl (C=O) groups is 3. The van der Waals surface area contributed by atoms with Gasteiger partial charge in [-0.05, 0) is 24.1 Å². The molecule has 2 rings (SSSR count). The number of nitrogens with one attached hydrogen (secondary N) is 1. The Bertz CT molecular complexity index is 603. The maximum atomic E-state index is 13.4. The molecule has 1 atom stereocenters. The van der Waals surface area contributed by atoms with Crippen molar-refractivity contribution in [3.8, 4) is 0 Å². The SMILES string of the molecule is CC(=O)NC(CN1C(=O)CCc2ccc(F)cc21)C(=O)O. The van der Waals surface area contributed by atoms with Crippen molar-refractivity contribution in [2.45, 2.75) is 25.8 Å². The number of carbonyl (C=O) groups excluding carboxylic acids is 2. The van der Waals surface area contributed by atoms with Crippen molar-refractivity contribution in [3.63, 3.8) is 0 Å². The van der Waals surface area contributed by atoms with Crippen molar-refractivity contribution in [1.29, 1.82) is 0 Å². The molecule has 0 aromatic heterocycles. The first-order chi connectivity index (χ1) is 9.88. The van der Waals surface area contributed by atoms with Crippen LogP contribution in [0.3, 0.4) is 0 Å². The van der Waals surface area contributed by atoms with Gasteiger partial charge >= 0.3 is 5.97 Å². The van der Waals surface area contributed by atoms with Gasteiger partial charge in [0, 0.05) is 19.0 Å². The van der Waals surface area contributed by atoms with Gasteiger partial charge < -0.3 is 15.3 Å². The second-order valence-corrected chi connectivity index (χ2v) is 4.87. The summed E-state index contributed by atoms with van der Waals surface area (Å²) < 4.78 is 13.4. The Morgan fingerprint density at radius 1 is 1.43 bits per heavy atom. The van der Waals surface area contributed by atoms with Crippen molar-refractivity contribution >= 4 is 23.5 Å². The van der Waals surface area contributed by atoms with Gasteiger partial charge in [-0.2, -0.15) is 0 Å². The van der Waals surface area contributed by atoms with Gasteiger partial charge in [0.05, 0.1) is 6.54 Å². The summed E-state index contributed by atoms with van der Waals surface area (Å²) in [6.45, 7) is 0.964. The molecule has 0 saturated heterocycles. The van der Waals surface area contributed by atoms with Gasteiger partial charge in [0.1, 0.15) is 11.9 Å². The lowest BCUT2D eigenvalue weighted by Gasteiger charge is -2.31. The predicted molar refractivity (Wildman–Crippen MR) is 72.3 cm³/mol. The summed E-state index contributed by atoms with van der Waals surface area (Å²) in [5.74, 6) is -2.54. The largest absolute Gasteiger partial charge is 0.480 e. The first-order valence-electron chi connectivity index (χ1n) is 6.47. The van der Waals surface area contributed by atoms with Crippen LogP contribution in [0.1, 0.15) is 18.9 Å². The Labute approximate surface area is 120 Å². The number of carboxylic acids is 1. The summed E-state index contributed by atoms with van der Waals surface area (Å²) in [6.07, 6.45) is 0.716. The van der Waals surface area contributed by atoms with Gasteiger partial charge in [0.15, 0.2) is 0 Å². The zero-order valence-electron chi connectivity index (χ0n) is 11.4. The Balaban J connectivity index is 2.30. The predicted octanol–water partition coefficient (Wildman–Crippen LogP) is 0.694. The quantitative estimate of drug-likeness (QED) is 0.855. The van der Waals surface area contributed by atoms with E-state index in [1.54, 1.807) is 6.07 Å². The molecule has 1 aliphatic heterocycles. The molecule has 2 N–H and O–H groups in total. The number of halogens is 1. The van der Waals surface area contributed by atoms with E-state index in [0.29, 0.717) is 12.1 Å². The molecule has 1 aromatic rings. The number of nitrogens with zero attached hydrogens (tertiary/aromatic N) is 1. The van der Waals surface area contributed by atoms with Gasteiger partial charge in [-0.1, -0.05) is 6.07 Å². The summed E-state index contributed by atoms with van der Waals surface area (Å²) in [5.41, 5.74) is 1.14. The Hall–Kier alpha value is -2.44. The van der Waals surface area contributed by atoms with Crippen molar-refractivity contribution < 1.29 is 23.9 Å². The number of hydrogen-bond acceptors (Lipinski definition) is 3. The monoisotopic (exact) mass is 294 g/mol. The zero-order chi connectivity index (χ0) is 15.6. The van der Waals surface area contributed by atoms with Gasteiger partial charge in [-0.3, -0.25) is 9.59 Å². The molecule has 0 radical (unpaired) electrons. The van der Waals surface area contributed by atoms with E-state index in [9.17, 15) is 18.8 Å². The molecule has 0 bridgehead atoms. The lowest BCUT2D eigenvalue weighted by Crippen LogP contribution is -2.50. The van der Waals surface area contributed by atoms with E-state index < -0.39 is 23.7 Å². The van der Waals surface area contributed by atoms with Crippen LogP contribution in [-0.4, -0.2) is 35.5 Å². The van der Waals surface area contributed by atoms with E-state index >= 15 is 0 Å². The van der Waals surface area contributed by atoms with Crippen LogP contribution in [-0.2, 0) is 20.8 Å². The van der Waals surface area contributed by atoms with Crippen LogP contribution < -0.4 is 10.2 Å². The fraction of sp³-hybridized carbons (Fsp3) is 0.357. The molecule has 1 unspecified atom stereocenters. The molecular weight excluding hydrogens is 279 g/mol. The van der Waals surface area contributed by atoms with Gasteiger partial charge in [0.25, 0.3) is 0 Å². The summed E-state index contributed by atoms with van der Waals surface area (Å²) >= 11 is 0. The molecule has 0 aliphatic carbocycles. The number of amides is 2. The molecule has 0 fully saturated rings. The van der Waals surface area contributed by atoms with Crippen LogP contribution in [0, 0.1) is 5.82 Å². The standard InChI is InChI=1S/C14H15FN2O4/c1-8(18)16-11(14(20)21)7-17-12-6-10(15)4-2-9(12)3-5-13(17)19/h2,4,6,11H,3,5,7H2,1H3,(H,16,18)(H,20,21). The summed E-state index contributed by atoms with van der Waals surface area (Å²) in [5, 5.41) is 11.4. The molecule has 1 heterocycles. The molecular formula is C14H15FN2O4.